The van der Waals surface area contributed by atoms with E-state index in [1.54, 1.807) is 0 Å². The highest BCUT2D eigenvalue weighted by atomic mass is 16.7. The molecule has 11 rings (SSSR count). The molecule has 3 unspecified atom stereocenters. The molecular weight excluding hydrogens is 1010 g/mol. The lowest BCUT2D eigenvalue weighted by Gasteiger charge is -2.71. The van der Waals surface area contributed by atoms with Gasteiger partial charge in [-0.25, -0.2) is 0 Å². The Bertz CT molecular complexity index is 2870. The second-order valence-electron chi connectivity index (χ2n) is 26.3. The minimum atomic E-state index is -0.990. The Morgan fingerprint density at radius 1 is 0.617 bits per heavy atom. The van der Waals surface area contributed by atoms with Crippen molar-refractivity contribution in [3.8, 4) is 0 Å². The maximum Gasteiger partial charge on any atom is 0.310 e. The number of esters is 1. The lowest BCUT2D eigenvalue weighted by Crippen LogP contribution is -2.71. The van der Waals surface area contributed by atoms with Gasteiger partial charge >= 0.3 is 5.97 Å². The molecule has 0 amide bonds. The van der Waals surface area contributed by atoms with Crippen LogP contribution in [0.4, 0.5) is 0 Å². The summed E-state index contributed by atoms with van der Waals surface area (Å²) >= 11 is 0. The maximum absolute atomic E-state index is 15.1. The van der Waals surface area contributed by atoms with Crippen LogP contribution in [-0.2, 0) is 75.7 Å². The summed E-state index contributed by atoms with van der Waals surface area (Å²) in [5.41, 5.74) is 4.63. The fourth-order valence-corrected chi connectivity index (χ4v) is 16.6. The normalized spacial score (nSPS) is 35.6. The zero-order chi connectivity index (χ0) is 56.4. The van der Waals surface area contributed by atoms with Gasteiger partial charge in [0.05, 0.1) is 64.4 Å². The molecule has 3 saturated carbocycles. The summed E-state index contributed by atoms with van der Waals surface area (Å²) in [4.78, 5) is 15.1. The van der Waals surface area contributed by atoms with Crippen LogP contribution in [0.25, 0.3) is 0 Å². The van der Waals surface area contributed by atoms with Crippen LogP contribution in [-0.4, -0.2) is 73.8 Å². The van der Waals surface area contributed by atoms with Gasteiger partial charge in [-0.15, -0.1) is 0 Å². The van der Waals surface area contributed by atoms with E-state index in [1.165, 1.54) is 5.57 Å². The van der Waals surface area contributed by atoms with Crippen molar-refractivity contribution in [1.82, 2.24) is 0 Å². The van der Waals surface area contributed by atoms with Crippen LogP contribution < -0.4 is 0 Å². The van der Waals surface area contributed by atoms with Crippen molar-refractivity contribution < 1.29 is 47.8 Å². The average Bonchev–Trinajstić information content (AvgIpc) is 1.90. The van der Waals surface area contributed by atoms with E-state index in [1.807, 2.05) is 103 Å². The van der Waals surface area contributed by atoms with Gasteiger partial charge in [-0.1, -0.05) is 212 Å². The first-order valence-corrected chi connectivity index (χ1v) is 30.2. The Hall–Kier alpha value is -5.01. The Morgan fingerprint density at radius 3 is 1.69 bits per heavy atom. The van der Waals surface area contributed by atoms with E-state index < -0.39 is 53.7 Å². The molecule has 1 N–H and O–H groups in total. The Labute approximate surface area is 482 Å². The van der Waals surface area contributed by atoms with Crippen LogP contribution in [0.2, 0.25) is 0 Å². The smallest absolute Gasteiger partial charge is 0.310 e. The Kier molecular flexibility index (Phi) is 17.3. The number of hydrogen-bond donors (Lipinski definition) is 1. The molecule has 0 aromatic heterocycles. The average molecular weight is 1100 g/mol. The number of aliphatic hydroxyl groups is 1. The van der Waals surface area contributed by atoms with Crippen LogP contribution >= 0.6 is 0 Å². The summed E-state index contributed by atoms with van der Waals surface area (Å²) in [6, 6.07) is 50.8. The molecule has 2 saturated heterocycles. The third kappa shape index (κ3) is 11.2. The lowest BCUT2D eigenvalue weighted by atomic mass is 9.34. The first-order chi connectivity index (χ1) is 39.2. The van der Waals surface area contributed by atoms with Gasteiger partial charge in [0.15, 0.2) is 6.29 Å². The fraction of sp³-hybridized carbons (Fsp3) is 0.535. The molecule has 5 aromatic carbocycles. The third-order valence-corrected chi connectivity index (χ3v) is 21.4. The molecule has 6 aliphatic rings. The standard InChI is InChI=1S/C71H88O10/c1-48(2)49(3)67(4)37-38-69(6)55-33-34-59-68(5)46-75-47-71(59,56(55)35-36-70(69,7)63(67)65(73)79-44-54-31-21-12-22-32-54)39-57(72)64(68)81-66-62(78-43-53-29-19-11-20-30-53)61(77-42-52-27-17-10-18-28-52)60(76-41-51-25-15-9-16-26-51)58(80-66)45-74-40-50-23-13-8-14-24-50/h8-32,35,48-49,55,57-64,66,72H,33-34,36-47H2,1-7H3/t49-,55+,57-,58?,59+,60+,61+,62?,63-,64+,66+,67-,68?,69-,70+,71+/m1/s1. The van der Waals surface area contributed by atoms with Crippen molar-refractivity contribution in [3.63, 3.8) is 0 Å². The Balaban J connectivity index is 0.925. The van der Waals surface area contributed by atoms with Gasteiger partial charge < -0.3 is 43.0 Å². The number of allylic oxidation sites excluding steroid dienone is 1. The topological polar surface area (TPSA) is 111 Å². The summed E-state index contributed by atoms with van der Waals surface area (Å²) in [7, 11) is 0. The number of rotatable bonds is 20. The van der Waals surface area contributed by atoms with Crippen molar-refractivity contribution in [2.24, 2.45) is 56.7 Å². The van der Waals surface area contributed by atoms with E-state index in [9.17, 15) is 5.11 Å². The number of ether oxygens (including phenoxy) is 8. The molecule has 5 aromatic rings. The van der Waals surface area contributed by atoms with Crippen LogP contribution in [0.1, 0.15) is 115 Å². The van der Waals surface area contributed by atoms with Crippen molar-refractivity contribution in [2.75, 3.05) is 19.8 Å². The number of benzene rings is 5. The second kappa shape index (κ2) is 24.3. The van der Waals surface area contributed by atoms with Gasteiger partial charge in [-0.2, -0.15) is 0 Å². The fourth-order valence-electron chi connectivity index (χ4n) is 16.6. The molecule has 16 atom stereocenters. The van der Waals surface area contributed by atoms with E-state index in [4.69, 9.17) is 37.9 Å². The second-order valence-corrected chi connectivity index (χ2v) is 26.3. The molecule has 2 bridgehead atoms. The van der Waals surface area contributed by atoms with Crippen LogP contribution in [0.3, 0.4) is 0 Å². The van der Waals surface area contributed by atoms with Crippen LogP contribution in [0.15, 0.2) is 163 Å². The van der Waals surface area contributed by atoms with E-state index in [0.29, 0.717) is 51.3 Å². The number of hydrogen-bond acceptors (Lipinski definition) is 10. The molecule has 432 valence electrons. The van der Waals surface area contributed by atoms with Crippen molar-refractivity contribution in [3.05, 3.63) is 191 Å². The maximum atomic E-state index is 15.1. The predicted octanol–water partition coefficient (Wildman–Crippen LogP) is 13.7. The number of carbonyl (C=O) groups is 1. The number of aliphatic hydroxyl groups excluding tert-OH is 1. The first kappa shape index (κ1) is 57.8. The van der Waals surface area contributed by atoms with Crippen LogP contribution in [0.5, 0.6) is 0 Å². The zero-order valence-corrected chi connectivity index (χ0v) is 49.0. The first-order valence-electron chi connectivity index (χ1n) is 30.2. The zero-order valence-electron chi connectivity index (χ0n) is 49.0. The van der Waals surface area contributed by atoms with E-state index in [2.05, 4.69) is 103 Å². The summed E-state index contributed by atoms with van der Waals surface area (Å²) < 4.78 is 56.0. The van der Waals surface area contributed by atoms with E-state index in [-0.39, 0.29) is 59.8 Å². The van der Waals surface area contributed by atoms with E-state index in [0.717, 1.165) is 59.9 Å². The molecule has 5 fully saturated rings. The summed E-state index contributed by atoms with van der Waals surface area (Å²) in [6.45, 7) is 19.2. The summed E-state index contributed by atoms with van der Waals surface area (Å²) in [6.07, 6.45) is 2.35. The minimum Gasteiger partial charge on any atom is -0.461 e. The lowest BCUT2D eigenvalue weighted by molar-refractivity contribution is -0.363. The predicted molar refractivity (Wildman–Crippen MR) is 313 cm³/mol. The molecule has 0 radical (unpaired) electrons. The molecule has 10 heteroatoms. The van der Waals surface area contributed by atoms with Gasteiger partial charge in [0, 0.05) is 10.8 Å². The van der Waals surface area contributed by atoms with Gasteiger partial charge in [-0.05, 0) is 106 Å². The van der Waals surface area contributed by atoms with Crippen molar-refractivity contribution in [2.45, 2.75) is 163 Å². The summed E-state index contributed by atoms with van der Waals surface area (Å²) in [5.74, 6) is 0.680. The molecule has 4 aliphatic carbocycles. The minimum absolute atomic E-state index is 0.0737. The third-order valence-electron chi connectivity index (χ3n) is 21.4. The monoisotopic (exact) mass is 1100 g/mol. The SMILES string of the molecule is CC(C)[C@@H](C)[C@@]1(C)CC[C@]2(C)[C@H]3CC[C@H]4C5(C)COC[C@@]4(C[C@@H](O)[C@@H]5O[C@@H]4OC(COCc5ccccc5)[C@H](OCc5ccccc5)[C@H](OCc5ccccc5)C4OCc4ccccc4)C3=CC[C@@]2(C)[C@@H]1C(=O)OCc1ccccc1. The summed E-state index contributed by atoms with van der Waals surface area (Å²) in [5, 5.41) is 13.2. The highest BCUT2D eigenvalue weighted by molar-refractivity contribution is 5.75. The largest absolute Gasteiger partial charge is 0.461 e. The highest BCUT2D eigenvalue weighted by Gasteiger charge is 2.72. The van der Waals surface area contributed by atoms with Crippen molar-refractivity contribution in [1.29, 1.82) is 0 Å². The highest BCUT2D eigenvalue weighted by Crippen LogP contribution is 2.75. The quantitative estimate of drug-likeness (QED) is 0.0459. The van der Waals surface area contributed by atoms with Crippen molar-refractivity contribution >= 4 is 5.97 Å². The van der Waals surface area contributed by atoms with Gasteiger partial charge in [0.2, 0.25) is 0 Å². The Morgan fingerprint density at radius 2 is 1.14 bits per heavy atom. The molecule has 10 nitrogen and oxygen atoms in total. The molecular formula is C71H88O10. The number of carbonyl (C=O) groups excluding carboxylic acids is 1. The van der Waals surface area contributed by atoms with Gasteiger partial charge in [-0.3, -0.25) is 4.79 Å². The molecule has 2 heterocycles. The molecule has 81 heavy (non-hydrogen) atoms. The van der Waals surface area contributed by atoms with E-state index >= 15 is 4.79 Å². The number of fused-ring (bicyclic) bond motifs is 3. The molecule has 0 spiro atoms. The van der Waals surface area contributed by atoms with Gasteiger partial charge in [0.25, 0.3) is 0 Å². The molecule has 2 aliphatic heterocycles. The van der Waals surface area contributed by atoms with Gasteiger partial charge in [0.1, 0.15) is 31.0 Å². The van der Waals surface area contributed by atoms with Crippen LogP contribution in [0, 0.1) is 56.7 Å².